The number of rotatable bonds is 5. The number of benzene rings is 3. The van der Waals surface area contributed by atoms with E-state index < -0.39 is 27.7 Å². The van der Waals surface area contributed by atoms with E-state index >= 15 is 0 Å². The molecular weight excluding hydrogens is 429 g/mol. The number of aryl methyl sites for hydroxylation is 1. The summed E-state index contributed by atoms with van der Waals surface area (Å²) in [6, 6.07) is 16.4. The molecule has 31 heavy (non-hydrogen) atoms. The first-order valence-corrected chi connectivity index (χ1v) is 10.6. The summed E-state index contributed by atoms with van der Waals surface area (Å²) in [5.41, 5.74) is 0.384. The topological polar surface area (TPSA) is 66.5 Å². The van der Waals surface area contributed by atoms with E-state index in [2.05, 4.69) is 5.32 Å². The molecule has 1 N–H and O–H groups in total. The average Bonchev–Trinajstić information content (AvgIpc) is 2.73. The molecule has 3 aromatic rings. The number of halogens is 3. The zero-order chi connectivity index (χ0) is 22.8. The predicted molar refractivity (Wildman–Crippen MR) is 113 cm³/mol. The third-order valence-electron chi connectivity index (χ3n) is 4.57. The number of carbonyl (C=O) groups excluding carboxylic acids is 1. The first kappa shape index (κ1) is 22.4. The lowest BCUT2D eigenvalue weighted by Gasteiger charge is -2.20. The Morgan fingerprint density at radius 1 is 0.935 bits per heavy atom. The van der Waals surface area contributed by atoms with Gasteiger partial charge in [-0.05, 0) is 61.0 Å². The summed E-state index contributed by atoms with van der Waals surface area (Å²) in [5.74, 6) is -0.727. The molecule has 0 aliphatic heterocycles. The van der Waals surface area contributed by atoms with E-state index in [9.17, 15) is 26.4 Å². The lowest BCUT2D eigenvalue weighted by atomic mass is 10.1. The lowest BCUT2D eigenvalue weighted by molar-refractivity contribution is -0.137. The fourth-order valence-electron chi connectivity index (χ4n) is 2.90. The molecule has 1 amide bonds. The molecule has 0 heterocycles. The van der Waals surface area contributed by atoms with Gasteiger partial charge in [0.2, 0.25) is 0 Å². The zero-order valence-electron chi connectivity index (χ0n) is 16.6. The number of sulfonamides is 1. The van der Waals surface area contributed by atoms with Crippen LogP contribution < -0.4 is 9.62 Å². The van der Waals surface area contributed by atoms with Gasteiger partial charge in [0.05, 0.1) is 16.1 Å². The van der Waals surface area contributed by atoms with Crippen LogP contribution in [0.15, 0.2) is 77.7 Å². The summed E-state index contributed by atoms with van der Waals surface area (Å²) >= 11 is 0. The standard InChI is InChI=1S/C22H19F3N2O3S/c1-15-6-3-10-19(12-15)27(2)31(29,30)20-11-4-7-16(13-20)21(28)26-18-9-5-8-17(14-18)22(23,24)25/h3-14H,1-2H3,(H,26,28). The maximum atomic E-state index is 13.0. The molecule has 5 nitrogen and oxygen atoms in total. The van der Waals surface area contributed by atoms with E-state index in [0.717, 1.165) is 22.0 Å². The minimum atomic E-state index is -4.55. The van der Waals surface area contributed by atoms with E-state index in [1.807, 2.05) is 13.0 Å². The maximum Gasteiger partial charge on any atom is 0.416 e. The molecule has 0 spiro atoms. The van der Waals surface area contributed by atoms with E-state index in [4.69, 9.17) is 0 Å². The van der Waals surface area contributed by atoms with Gasteiger partial charge in [0.15, 0.2) is 0 Å². The molecule has 0 unspecified atom stereocenters. The Balaban J connectivity index is 1.86. The van der Waals surface area contributed by atoms with Crippen molar-refractivity contribution in [2.75, 3.05) is 16.7 Å². The van der Waals surface area contributed by atoms with Crippen LogP contribution in [0.3, 0.4) is 0 Å². The second-order valence-corrected chi connectivity index (χ2v) is 8.84. The molecule has 3 rings (SSSR count). The van der Waals surface area contributed by atoms with Crippen LogP contribution in [0.2, 0.25) is 0 Å². The molecule has 0 saturated heterocycles. The van der Waals surface area contributed by atoms with Crippen LogP contribution in [0.1, 0.15) is 21.5 Å². The molecule has 0 aliphatic carbocycles. The van der Waals surface area contributed by atoms with Crippen molar-refractivity contribution < 1.29 is 26.4 Å². The van der Waals surface area contributed by atoms with E-state index in [1.54, 1.807) is 18.2 Å². The highest BCUT2D eigenvalue weighted by Crippen LogP contribution is 2.31. The Hall–Kier alpha value is -3.33. The van der Waals surface area contributed by atoms with Crippen LogP contribution >= 0.6 is 0 Å². The van der Waals surface area contributed by atoms with Crippen LogP contribution in [0, 0.1) is 6.92 Å². The van der Waals surface area contributed by atoms with Crippen molar-refractivity contribution in [2.45, 2.75) is 18.0 Å². The number of anilines is 2. The van der Waals surface area contributed by atoms with Gasteiger partial charge < -0.3 is 5.32 Å². The SMILES string of the molecule is Cc1cccc(N(C)S(=O)(=O)c2cccc(C(=O)Nc3cccc(C(F)(F)F)c3)c2)c1. The quantitative estimate of drug-likeness (QED) is 0.591. The molecule has 0 bridgehead atoms. The van der Waals surface area contributed by atoms with Crippen LogP contribution in [-0.2, 0) is 16.2 Å². The van der Waals surface area contributed by atoms with Gasteiger partial charge in [-0.15, -0.1) is 0 Å². The lowest BCUT2D eigenvalue weighted by Crippen LogP contribution is -2.27. The molecule has 0 fully saturated rings. The van der Waals surface area contributed by atoms with Crippen molar-refractivity contribution in [3.8, 4) is 0 Å². The first-order chi connectivity index (χ1) is 14.5. The molecule has 0 aromatic heterocycles. The fourth-order valence-corrected chi connectivity index (χ4v) is 4.13. The normalized spacial score (nSPS) is 11.8. The van der Waals surface area contributed by atoms with Gasteiger partial charge in [-0.3, -0.25) is 9.10 Å². The number of carbonyl (C=O) groups is 1. The number of amides is 1. The van der Waals surface area contributed by atoms with Gasteiger partial charge in [-0.1, -0.05) is 24.3 Å². The molecule has 162 valence electrons. The monoisotopic (exact) mass is 448 g/mol. The molecule has 3 aromatic carbocycles. The smallest absolute Gasteiger partial charge is 0.322 e. The Morgan fingerprint density at radius 2 is 1.61 bits per heavy atom. The van der Waals surface area contributed by atoms with Gasteiger partial charge in [0, 0.05) is 18.3 Å². The summed E-state index contributed by atoms with van der Waals surface area (Å²) in [6.07, 6.45) is -4.55. The van der Waals surface area contributed by atoms with Crippen molar-refractivity contribution in [3.05, 3.63) is 89.5 Å². The highest BCUT2D eigenvalue weighted by atomic mass is 32.2. The molecule has 0 saturated carbocycles. The number of nitrogens with one attached hydrogen (secondary N) is 1. The Morgan fingerprint density at radius 3 is 2.29 bits per heavy atom. The second-order valence-electron chi connectivity index (χ2n) is 6.87. The Labute approximate surface area is 178 Å². The van der Waals surface area contributed by atoms with Crippen LogP contribution in [0.25, 0.3) is 0 Å². The summed E-state index contributed by atoms with van der Waals surface area (Å²) in [7, 11) is -2.56. The van der Waals surface area contributed by atoms with E-state index in [0.29, 0.717) is 5.69 Å². The molecular formula is C22H19F3N2O3S. The molecule has 0 atom stereocenters. The Bertz CT molecular complexity index is 1220. The minimum absolute atomic E-state index is 0.00358. The number of alkyl halides is 3. The number of hydrogen-bond donors (Lipinski definition) is 1. The second kappa shape index (κ2) is 8.43. The summed E-state index contributed by atoms with van der Waals surface area (Å²) < 4.78 is 65.7. The zero-order valence-corrected chi connectivity index (χ0v) is 17.5. The fraction of sp³-hybridized carbons (Fsp3) is 0.136. The minimum Gasteiger partial charge on any atom is -0.322 e. The molecule has 0 radical (unpaired) electrons. The summed E-state index contributed by atoms with van der Waals surface area (Å²) in [5, 5.41) is 2.37. The first-order valence-electron chi connectivity index (χ1n) is 9.13. The number of nitrogens with zero attached hydrogens (tertiary/aromatic N) is 1. The summed E-state index contributed by atoms with van der Waals surface area (Å²) in [4.78, 5) is 12.4. The van der Waals surface area contributed by atoms with Crippen molar-refractivity contribution in [2.24, 2.45) is 0 Å². The molecule has 9 heteroatoms. The average molecular weight is 448 g/mol. The highest BCUT2D eigenvalue weighted by molar-refractivity contribution is 7.92. The van der Waals surface area contributed by atoms with Gasteiger partial charge in [-0.2, -0.15) is 13.2 Å². The third-order valence-corrected chi connectivity index (χ3v) is 6.35. The Kier molecular flexibility index (Phi) is 6.08. The van der Waals surface area contributed by atoms with Crippen molar-refractivity contribution in [3.63, 3.8) is 0 Å². The van der Waals surface area contributed by atoms with E-state index in [-0.39, 0.29) is 16.1 Å². The largest absolute Gasteiger partial charge is 0.416 e. The maximum absolute atomic E-state index is 13.0. The van der Waals surface area contributed by atoms with Crippen LogP contribution in [0.5, 0.6) is 0 Å². The number of hydrogen-bond acceptors (Lipinski definition) is 3. The van der Waals surface area contributed by atoms with Crippen LogP contribution in [-0.4, -0.2) is 21.4 Å². The summed E-state index contributed by atoms with van der Waals surface area (Å²) in [6.45, 7) is 1.84. The molecule has 0 aliphatic rings. The van der Waals surface area contributed by atoms with Crippen molar-refractivity contribution in [1.82, 2.24) is 0 Å². The van der Waals surface area contributed by atoms with Gasteiger partial charge >= 0.3 is 6.18 Å². The van der Waals surface area contributed by atoms with Crippen molar-refractivity contribution in [1.29, 1.82) is 0 Å². The predicted octanol–water partition coefficient (Wildman–Crippen LogP) is 5.09. The third kappa shape index (κ3) is 5.05. The van der Waals surface area contributed by atoms with Gasteiger partial charge in [-0.25, -0.2) is 8.42 Å². The van der Waals surface area contributed by atoms with Gasteiger partial charge in [0.1, 0.15) is 0 Å². The van der Waals surface area contributed by atoms with Crippen LogP contribution in [0.4, 0.5) is 24.5 Å². The highest BCUT2D eigenvalue weighted by Gasteiger charge is 2.30. The van der Waals surface area contributed by atoms with E-state index in [1.165, 1.54) is 43.4 Å². The van der Waals surface area contributed by atoms with Crippen molar-refractivity contribution >= 4 is 27.3 Å². The van der Waals surface area contributed by atoms with Gasteiger partial charge in [0.25, 0.3) is 15.9 Å².